The Morgan fingerprint density at radius 1 is 1.38 bits per heavy atom. The maximum Gasteiger partial charge on any atom is 0.326 e. The highest BCUT2D eigenvalue weighted by molar-refractivity contribution is 5.83. The number of carboxylic acid groups (broad SMARTS) is 1. The molecule has 1 atom stereocenters. The highest BCUT2D eigenvalue weighted by Gasteiger charge is 2.20. The molecule has 1 rings (SSSR count). The van der Waals surface area contributed by atoms with E-state index in [-0.39, 0.29) is 12.8 Å². The fourth-order valence-corrected chi connectivity index (χ4v) is 1.55. The van der Waals surface area contributed by atoms with Crippen molar-refractivity contribution in [1.29, 1.82) is 0 Å². The summed E-state index contributed by atoms with van der Waals surface area (Å²) in [5.74, 6) is -1.83. The molecule has 0 aliphatic carbocycles. The van der Waals surface area contributed by atoms with E-state index < -0.39 is 23.9 Å². The number of aromatic nitrogens is 3. The van der Waals surface area contributed by atoms with Gasteiger partial charge in [-0.2, -0.15) is 0 Å². The van der Waals surface area contributed by atoms with Crippen LogP contribution in [0.2, 0.25) is 0 Å². The van der Waals surface area contributed by atoms with Gasteiger partial charge < -0.3 is 21.5 Å². The summed E-state index contributed by atoms with van der Waals surface area (Å²) < 4.78 is 1.62. The monoisotopic (exact) mass is 298 g/mol. The van der Waals surface area contributed by atoms with Crippen LogP contribution in [0.1, 0.15) is 19.3 Å². The fourth-order valence-electron chi connectivity index (χ4n) is 1.55. The van der Waals surface area contributed by atoms with Crippen molar-refractivity contribution in [1.82, 2.24) is 25.6 Å². The lowest BCUT2D eigenvalue weighted by molar-refractivity contribution is -0.139. The first-order chi connectivity index (χ1) is 9.99. The molecule has 1 unspecified atom stereocenters. The molecule has 1 heterocycles. The Bertz CT molecular complexity index is 475. The van der Waals surface area contributed by atoms with Gasteiger partial charge in [-0.3, -0.25) is 9.48 Å². The first-order valence-electron chi connectivity index (χ1n) is 6.38. The summed E-state index contributed by atoms with van der Waals surface area (Å²) in [7, 11) is 0. The lowest BCUT2D eigenvalue weighted by atomic mass is 10.1. The maximum atomic E-state index is 11.5. The fraction of sp³-hybridized carbons (Fsp3) is 0.545. The molecule has 0 spiro atoms. The topological polar surface area (TPSA) is 152 Å². The highest BCUT2D eigenvalue weighted by Crippen LogP contribution is 1.97. The number of primary amides is 1. The average molecular weight is 298 g/mol. The number of hydrogen-bond acceptors (Lipinski definition) is 5. The van der Waals surface area contributed by atoms with Gasteiger partial charge in [0.05, 0.1) is 6.20 Å². The number of nitrogens with one attached hydrogen (secondary N) is 2. The van der Waals surface area contributed by atoms with Crippen molar-refractivity contribution in [3.05, 3.63) is 12.4 Å². The summed E-state index contributed by atoms with van der Waals surface area (Å²) in [6.07, 6.45) is 3.72. The third kappa shape index (κ3) is 6.89. The number of nitrogens with two attached hydrogens (primary N) is 1. The van der Waals surface area contributed by atoms with Gasteiger partial charge in [-0.05, 0) is 12.8 Å². The maximum absolute atomic E-state index is 11.5. The van der Waals surface area contributed by atoms with E-state index in [9.17, 15) is 14.4 Å². The predicted molar refractivity (Wildman–Crippen MR) is 71.0 cm³/mol. The first kappa shape index (κ1) is 16.4. The number of hydrogen-bond donors (Lipinski definition) is 4. The molecule has 21 heavy (non-hydrogen) atoms. The van der Waals surface area contributed by atoms with Gasteiger partial charge in [0.1, 0.15) is 6.04 Å². The minimum Gasteiger partial charge on any atom is -0.480 e. The van der Waals surface area contributed by atoms with E-state index in [4.69, 9.17) is 10.8 Å². The lowest BCUT2D eigenvalue weighted by Gasteiger charge is -2.14. The molecule has 0 aliphatic rings. The van der Waals surface area contributed by atoms with Crippen LogP contribution in [0.4, 0.5) is 4.79 Å². The van der Waals surface area contributed by atoms with E-state index in [1.54, 1.807) is 17.1 Å². The van der Waals surface area contributed by atoms with Crippen molar-refractivity contribution < 1.29 is 19.5 Å². The second kappa shape index (κ2) is 8.51. The van der Waals surface area contributed by atoms with Crippen LogP contribution in [-0.2, 0) is 16.1 Å². The summed E-state index contributed by atoms with van der Waals surface area (Å²) >= 11 is 0. The average Bonchev–Trinajstić information content (AvgIpc) is 2.92. The molecule has 0 aliphatic heterocycles. The zero-order valence-corrected chi connectivity index (χ0v) is 11.4. The van der Waals surface area contributed by atoms with Gasteiger partial charge in [-0.1, -0.05) is 5.21 Å². The number of carbonyl (C=O) groups is 3. The van der Waals surface area contributed by atoms with Crippen molar-refractivity contribution in [2.45, 2.75) is 31.8 Å². The molecule has 3 amide bonds. The number of amides is 3. The van der Waals surface area contributed by atoms with Crippen LogP contribution < -0.4 is 16.4 Å². The van der Waals surface area contributed by atoms with Gasteiger partial charge in [-0.15, -0.1) is 5.10 Å². The van der Waals surface area contributed by atoms with Crippen LogP contribution in [0.3, 0.4) is 0 Å². The molecule has 1 aromatic heterocycles. The summed E-state index contributed by atoms with van der Waals surface area (Å²) in [5, 5.41) is 21.1. The number of carboxylic acids is 1. The Hall–Kier alpha value is -2.65. The van der Waals surface area contributed by atoms with E-state index >= 15 is 0 Å². The molecule has 0 bridgehead atoms. The lowest BCUT2D eigenvalue weighted by Crippen LogP contribution is -2.46. The van der Waals surface area contributed by atoms with Crippen LogP contribution in [0.5, 0.6) is 0 Å². The molecular weight excluding hydrogens is 280 g/mol. The molecule has 116 valence electrons. The van der Waals surface area contributed by atoms with Gasteiger partial charge in [-0.25, -0.2) is 9.59 Å². The predicted octanol–water partition coefficient (Wildman–Crippen LogP) is -1.31. The Balaban J connectivity index is 2.23. The third-order valence-corrected chi connectivity index (χ3v) is 2.60. The zero-order valence-electron chi connectivity index (χ0n) is 11.4. The summed E-state index contributed by atoms with van der Waals surface area (Å²) in [6.45, 7) is 0.943. The van der Waals surface area contributed by atoms with Crippen molar-refractivity contribution in [2.24, 2.45) is 5.73 Å². The quantitative estimate of drug-likeness (QED) is 0.415. The standard InChI is InChI=1S/C11H18N6O4/c12-9(18)3-2-8(10(19)20)15-11(21)13-4-1-6-17-7-5-14-16-17/h5,7-8H,1-4,6H2,(H2,12,18)(H,19,20)(H2,13,15,21). The van der Waals surface area contributed by atoms with Gasteiger partial charge in [0.2, 0.25) is 5.91 Å². The Morgan fingerprint density at radius 2 is 2.14 bits per heavy atom. The summed E-state index contributed by atoms with van der Waals surface area (Å²) in [5.41, 5.74) is 4.94. The van der Waals surface area contributed by atoms with Crippen LogP contribution in [0.15, 0.2) is 12.4 Å². The highest BCUT2D eigenvalue weighted by atomic mass is 16.4. The number of aryl methyl sites for hydroxylation is 1. The minimum atomic E-state index is -1.21. The molecule has 10 nitrogen and oxygen atoms in total. The molecule has 0 fully saturated rings. The van der Waals surface area contributed by atoms with Crippen LogP contribution in [0.25, 0.3) is 0 Å². The second-order valence-corrected chi connectivity index (χ2v) is 4.32. The van der Waals surface area contributed by atoms with Gasteiger partial charge in [0.25, 0.3) is 0 Å². The number of carbonyl (C=O) groups excluding carboxylic acids is 2. The zero-order chi connectivity index (χ0) is 15.7. The second-order valence-electron chi connectivity index (χ2n) is 4.32. The first-order valence-corrected chi connectivity index (χ1v) is 6.38. The van der Waals surface area contributed by atoms with Crippen molar-refractivity contribution in [3.8, 4) is 0 Å². The van der Waals surface area contributed by atoms with Crippen LogP contribution in [0, 0.1) is 0 Å². The molecule has 10 heteroatoms. The van der Waals surface area contributed by atoms with Crippen molar-refractivity contribution in [2.75, 3.05) is 6.54 Å². The molecule has 0 saturated carbocycles. The molecule has 0 saturated heterocycles. The van der Waals surface area contributed by atoms with Gasteiger partial charge in [0.15, 0.2) is 0 Å². The van der Waals surface area contributed by atoms with Crippen LogP contribution >= 0.6 is 0 Å². The molecular formula is C11H18N6O4. The number of nitrogens with zero attached hydrogens (tertiary/aromatic N) is 3. The van der Waals surface area contributed by atoms with Crippen LogP contribution in [-0.4, -0.2) is 50.6 Å². The third-order valence-electron chi connectivity index (χ3n) is 2.60. The number of rotatable bonds is 9. The minimum absolute atomic E-state index is 0.0446. The van der Waals surface area contributed by atoms with Crippen molar-refractivity contribution >= 4 is 17.9 Å². The number of aliphatic carboxylic acids is 1. The molecule has 0 radical (unpaired) electrons. The molecule has 1 aromatic rings. The normalized spacial score (nSPS) is 11.6. The summed E-state index contributed by atoms with van der Waals surface area (Å²) in [4.78, 5) is 33.1. The van der Waals surface area contributed by atoms with E-state index in [0.717, 1.165) is 0 Å². The smallest absolute Gasteiger partial charge is 0.326 e. The Labute approximate surface area is 120 Å². The van der Waals surface area contributed by atoms with Crippen molar-refractivity contribution in [3.63, 3.8) is 0 Å². The van der Waals surface area contributed by atoms with E-state index in [1.807, 2.05) is 0 Å². The van der Waals surface area contributed by atoms with E-state index in [0.29, 0.717) is 19.5 Å². The Kier molecular flexibility index (Phi) is 6.65. The number of urea groups is 1. The molecule has 0 aromatic carbocycles. The molecule has 5 N–H and O–H groups in total. The van der Waals surface area contributed by atoms with Gasteiger partial charge >= 0.3 is 12.0 Å². The Morgan fingerprint density at radius 3 is 2.71 bits per heavy atom. The van der Waals surface area contributed by atoms with E-state index in [2.05, 4.69) is 20.9 Å². The van der Waals surface area contributed by atoms with Gasteiger partial charge in [0, 0.05) is 25.7 Å². The SMILES string of the molecule is NC(=O)CCC(NC(=O)NCCCn1ccnn1)C(=O)O. The van der Waals surface area contributed by atoms with E-state index in [1.165, 1.54) is 0 Å². The summed E-state index contributed by atoms with van der Waals surface area (Å²) in [6, 6.07) is -1.75. The largest absolute Gasteiger partial charge is 0.480 e.